The van der Waals surface area contributed by atoms with E-state index in [-0.39, 0.29) is 12.7 Å². The van der Waals surface area contributed by atoms with Crippen LogP contribution in [0.15, 0.2) is 0 Å². The Hall–Kier alpha value is -0.160. The van der Waals surface area contributed by atoms with E-state index in [1.165, 1.54) is 0 Å². The highest BCUT2D eigenvalue weighted by Gasteiger charge is 2.04. The monoisotopic (exact) mass is 163 g/mol. The third-order valence-electron chi connectivity index (χ3n) is 1.27. The first kappa shape index (κ1) is 10.8. The molecule has 3 N–H and O–H groups in total. The molecule has 0 aliphatic heterocycles. The zero-order chi connectivity index (χ0) is 8.53. The maximum absolute atomic E-state index is 8.44. The third kappa shape index (κ3) is 6.25. The highest BCUT2D eigenvalue weighted by molar-refractivity contribution is 4.55. The second-order valence-corrected chi connectivity index (χ2v) is 2.26. The Morgan fingerprint density at radius 1 is 1.55 bits per heavy atom. The van der Waals surface area contributed by atoms with E-state index in [0.717, 1.165) is 0 Å². The van der Waals surface area contributed by atoms with Crippen molar-refractivity contribution in [3.63, 3.8) is 0 Å². The molecular formula is C7H17NO3. The number of aliphatic hydroxyl groups excluding tert-OH is 1. The van der Waals surface area contributed by atoms with Gasteiger partial charge in [-0.1, -0.05) is 0 Å². The molecule has 0 saturated carbocycles. The fourth-order valence-electron chi connectivity index (χ4n) is 0.685. The molecule has 4 heteroatoms. The van der Waals surface area contributed by atoms with Crippen LogP contribution in [0.5, 0.6) is 0 Å². The summed E-state index contributed by atoms with van der Waals surface area (Å²) in [7, 11) is 1.61. The first-order valence-corrected chi connectivity index (χ1v) is 3.76. The van der Waals surface area contributed by atoms with Gasteiger partial charge in [0.25, 0.3) is 0 Å². The molecule has 0 rings (SSSR count). The lowest BCUT2D eigenvalue weighted by Crippen LogP contribution is -2.28. The minimum atomic E-state index is -0.0356. The average Bonchev–Trinajstić information content (AvgIpc) is 2.03. The largest absolute Gasteiger partial charge is 0.396 e. The molecule has 0 saturated heterocycles. The smallest absolute Gasteiger partial charge is 0.0930 e. The third-order valence-corrected chi connectivity index (χ3v) is 1.27. The van der Waals surface area contributed by atoms with Gasteiger partial charge in [0.15, 0.2) is 0 Å². The van der Waals surface area contributed by atoms with E-state index in [2.05, 4.69) is 0 Å². The van der Waals surface area contributed by atoms with E-state index in [1.807, 2.05) is 0 Å². The topological polar surface area (TPSA) is 64.7 Å². The molecule has 11 heavy (non-hydrogen) atoms. The second kappa shape index (κ2) is 7.94. The number of methoxy groups -OCH3 is 1. The number of nitrogens with two attached hydrogens (primary N) is 1. The Kier molecular flexibility index (Phi) is 7.83. The van der Waals surface area contributed by atoms with Crippen LogP contribution < -0.4 is 5.73 Å². The molecule has 68 valence electrons. The summed E-state index contributed by atoms with van der Waals surface area (Å²) in [6.45, 7) is 1.67. The highest BCUT2D eigenvalue weighted by atomic mass is 16.5. The number of hydrogen-bond donors (Lipinski definition) is 2. The van der Waals surface area contributed by atoms with Crippen molar-refractivity contribution in [3.05, 3.63) is 0 Å². The summed E-state index contributed by atoms with van der Waals surface area (Å²) < 4.78 is 10.1. The minimum Gasteiger partial charge on any atom is -0.396 e. The zero-order valence-corrected chi connectivity index (χ0v) is 6.95. The molecule has 0 amide bonds. The van der Waals surface area contributed by atoms with Crippen LogP contribution in [0.2, 0.25) is 0 Å². The number of ether oxygens (including phenoxy) is 2. The van der Waals surface area contributed by atoms with Crippen LogP contribution in [0.3, 0.4) is 0 Å². The minimum absolute atomic E-state index is 0.0356. The van der Waals surface area contributed by atoms with E-state index in [9.17, 15) is 0 Å². The van der Waals surface area contributed by atoms with Crippen molar-refractivity contribution in [3.8, 4) is 0 Å². The van der Waals surface area contributed by atoms with Gasteiger partial charge in [-0.15, -0.1) is 0 Å². The van der Waals surface area contributed by atoms with Crippen molar-refractivity contribution in [1.82, 2.24) is 0 Å². The molecule has 1 atom stereocenters. The van der Waals surface area contributed by atoms with Gasteiger partial charge in [-0.2, -0.15) is 0 Å². The molecule has 1 unspecified atom stereocenters. The van der Waals surface area contributed by atoms with E-state index in [1.54, 1.807) is 7.11 Å². The molecule has 4 nitrogen and oxygen atoms in total. The molecule has 0 radical (unpaired) electrons. The summed E-state index contributed by atoms with van der Waals surface area (Å²) >= 11 is 0. The first-order valence-electron chi connectivity index (χ1n) is 3.76. The predicted octanol–water partition coefficient (Wildman–Crippen LogP) is -0.641. The van der Waals surface area contributed by atoms with Crippen LogP contribution in [0.1, 0.15) is 6.42 Å². The fraction of sp³-hybridized carbons (Fsp3) is 1.00. The van der Waals surface area contributed by atoms with Crippen molar-refractivity contribution in [2.24, 2.45) is 5.73 Å². The second-order valence-electron chi connectivity index (χ2n) is 2.26. The van der Waals surface area contributed by atoms with Crippen LogP contribution in [0.25, 0.3) is 0 Å². The maximum Gasteiger partial charge on any atom is 0.0930 e. The molecule has 0 fully saturated rings. The van der Waals surface area contributed by atoms with Crippen LogP contribution >= 0.6 is 0 Å². The van der Waals surface area contributed by atoms with E-state index in [4.69, 9.17) is 20.3 Å². The lowest BCUT2D eigenvalue weighted by molar-refractivity contribution is -0.00114. The van der Waals surface area contributed by atoms with Gasteiger partial charge >= 0.3 is 0 Å². The highest BCUT2D eigenvalue weighted by Crippen LogP contribution is 1.91. The number of hydrogen-bond acceptors (Lipinski definition) is 4. The summed E-state index contributed by atoms with van der Waals surface area (Å²) in [6.07, 6.45) is 0.617. The molecular weight excluding hydrogens is 146 g/mol. The quantitative estimate of drug-likeness (QED) is 0.490. The van der Waals surface area contributed by atoms with Crippen molar-refractivity contribution in [2.45, 2.75) is 12.5 Å². The van der Waals surface area contributed by atoms with Crippen LogP contribution in [0.4, 0.5) is 0 Å². The molecule has 0 aromatic heterocycles. The van der Waals surface area contributed by atoms with Crippen molar-refractivity contribution >= 4 is 0 Å². The lowest BCUT2D eigenvalue weighted by Gasteiger charge is -2.13. The molecule has 0 spiro atoms. The van der Waals surface area contributed by atoms with Gasteiger partial charge in [0, 0.05) is 26.9 Å². The summed E-state index contributed by atoms with van der Waals surface area (Å²) in [6, 6.07) is 0. The lowest BCUT2D eigenvalue weighted by atomic mass is 10.4. The number of rotatable bonds is 7. The van der Waals surface area contributed by atoms with E-state index < -0.39 is 0 Å². The average molecular weight is 163 g/mol. The van der Waals surface area contributed by atoms with Crippen LogP contribution in [0, 0.1) is 0 Å². The zero-order valence-electron chi connectivity index (χ0n) is 6.95. The Morgan fingerprint density at radius 3 is 2.73 bits per heavy atom. The van der Waals surface area contributed by atoms with Crippen LogP contribution in [-0.4, -0.2) is 44.7 Å². The summed E-state index contributed by atoms with van der Waals surface area (Å²) in [4.78, 5) is 0. The summed E-state index contributed by atoms with van der Waals surface area (Å²) in [5.74, 6) is 0. The molecule has 0 bridgehead atoms. The Morgan fingerprint density at radius 2 is 2.27 bits per heavy atom. The molecule has 0 aromatic rings. The predicted molar refractivity (Wildman–Crippen MR) is 42.4 cm³/mol. The first-order chi connectivity index (χ1) is 5.35. The Balaban J connectivity index is 3.20. The normalized spacial score (nSPS) is 13.4. The van der Waals surface area contributed by atoms with E-state index >= 15 is 0 Å². The van der Waals surface area contributed by atoms with Crippen molar-refractivity contribution in [2.75, 3.05) is 33.5 Å². The van der Waals surface area contributed by atoms with E-state index in [0.29, 0.717) is 26.2 Å². The molecule has 0 heterocycles. The molecule has 0 aliphatic rings. The molecule has 0 aliphatic carbocycles. The fourth-order valence-corrected chi connectivity index (χ4v) is 0.685. The van der Waals surface area contributed by atoms with Gasteiger partial charge < -0.3 is 20.3 Å². The van der Waals surface area contributed by atoms with Gasteiger partial charge in [-0.3, -0.25) is 0 Å². The van der Waals surface area contributed by atoms with Gasteiger partial charge in [0.05, 0.1) is 12.7 Å². The summed E-state index contributed by atoms with van der Waals surface area (Å²) in [5, 5.41) is 8.44. The maximum atomic E-state index is 8.44. The Labute approximate surface area is 67.3 Å². The molecule has 0 aromatic carbocycles. The van der Waals surface area contributed by atoms with Gasteiger partial charge in [-0.25, -0.2) is 0 Å². The number of aliphatic hydroxyl groups is 1. The van der Waals surface area contributed by atoms with Crippen LogP contribution in [-0.2, 0) is 9.47 Å². The van der Waals surface area contributed by atoms with Crippen molar-refractivity contribution < 1.29 is 14.6 Å². The van der Waals surface area contributed by atoms with Gasteiger partial charge in [-0.05, 0) is 6.42 Å². The standard InChI is InChI=1S/C7H17NO3/c1-10-6-7(5-8)11-4-2-3-9/h7,9H,2-6,8H2,1H3. The SMILES string of the molecule is COCC(CN)OCCCO. The van der Waals surface area contributed by atoms with Gasteiger partial charge in [0.2, 0.25) is 0 Å². The Bertz CT molecular complexity index is 80.1. The van der Waals surface area contributed by atoms with Gasteiger partial charge in [0.1, 0.15) is 0 Å². The van der Waals surface area contributed by atoms with Crippen molar-refractivity contribution in [1.29, 1.82) is 0 Å². The summed E-state index contributed by atoms with van der Waals surface area (Å²) in [5.41, 5.74) is 5.37.